The third kappa shape index (κ3) is 2.64. The summed E-state index contributed by atoms with van der Waals surface area (Å²) >= 11 is 0. The largest absolute Gasteiger partial charge is 0.481 e. The van der Waals surface area contributed by atoms with Gasteiger partial charge in [0.15, 0.2) is 0 Å². The van der Waals surface area contributed by atoms with Gasteiger partial charge in [-0.2, -0.15) is 0 Å². The first kappa shape index (κ1) is 11.4. The maximum absolute atomic E-state index is 12.0. The average molecular weight is 207 g/mol. The van der Waals surface area contributed by atoms with Gasteiger partial charge in [0, 0.05) is 13.0 Å². The number of halogens is 2. The van der Waals surface area contributed by atoms with Crippen LogP contribution in [-0.2, 0) is 4.79 Å². The van der Waals surface area contributed by atoms with E-state index in [0.717, 1.165) is 13.0 Å². The molecule has 1 fully saturated rings. The van der Waals surface area contributed by atoms with Crippen molar-refractivity contribution in [2.45, 2.75) is 32.1 Å². The number of carboxylic acids is 1. The van der Waals surface area contributed by atoms with Crippen LogP contribution in [0.5, 0.6) is 0 Å². The predicted molar refractivity (Wildman–Crippen MR) is 47.4 cm³/mol. The van der Waals surface area contributed by atoms with Crippen molar-refractivity contribution in [3.63, 3.8) is 0 Å². The number of aliphatic carboxylic acids is 1. The number of hydrogen-bond acceptors (Lipinski definition) is 2. The molecule has 82 valence electrons. The van der Waals surface area contributed by atoms with E-state index in [2.05, 4.69) is 5.32 Å². The van der Waals surface area contributed by atoms with E-state index in [-0.39, 0.29) is 12.8 Å². The molecule has 14 heavy (non-hydrogen) atoms. The molecule has 1 atom stereocenters. The number of hydrogen-bond donors (Lipinski definition) is 2. The third-order valence-electron chi connectivity index (χ3n) is 2.77. The molecule has 0 spiro atoms. The molecule has 0 aromatic carbocycles. The van der Waals surface area contributed by atoms with Crippen molar-refractivity contribution < 1.29 is 18.7 Å². The van der Waals surface area contributed by atoms with Crippen molar-refractivity contribution in [2.75, 3.05) is 13.1 Å². The van der Waals surface area contributed by atoms with Crippen LogP contribution in [0.25, 0.3) is 0 Å². The molecule has 0 radical (unpaired) electrons. The second kappa shape index (κ2) is 4.68. The monoisotopic (exact) mass is 207 g/mol. The van der Waals surface area contributed by atoms with Crippen LogP contribution in [0.1, 0.15) is 25.7 Å². The zero-order valence-corrected chi connectivity index (χ0v) is 7.93. The molecule has 0 aliphatic carbocycles. The van der Waals surface area contributed by atoms with Gasteiger partial charge in [-0.15, -0.1) is 0 Å². The summed E-state index contributed by atoms with van der Waals surface area (Å²) in [6.07, 6.45) is -1.42. The van der Waals surface area contributed by atoms with E-state index in [4.69, 9.17) is 5.11 Å². The van der Waals surface area contributed by atoms with Gasteiger partial charge in [-0.25, -0.2) is 8.78 Å². The minimum absolute atomic E-state index is 0.0625. The Kier molecular flexibility index (Phi) is 3.80. The summed E-state index contributed by atoms with van der Waals surface area (Å²) < 4.78 is 24.0. The summed E-state index contributed by atoms with van der Waals surface area (Å²) in [6.45, 7) is 1.10. The molecule has 1 aliphatic heterocycles. The first-order valence-electron chi connectivity index (χ1n) is 4.79. The fourth-order valence-corrected chi connectivity index (χ4v) is 1.86. The third-order valence-corrected chi connectivity index (χ3v) is 2.77. The van der Waals surface area contributed by atoms with Gasteiger partial charge in [0.25, 0.3) is 0 Å². The van der Waals surface area contributed by atoms with Crippen molar-refractivity contribution in [3.05, 3.63) is 0 Å². The molecule has 2 N–H and O–H groups in total. The summed E-state index contributed by atoms with van der Waals surface area (Å²) in [5.41, 5.74) is -0.964. The van der Waals surface area contributed by atoms with Crippen LogP contribution in [0.3, 0.4) is 0 Å². The quantitative estimate of drug-likeness (QED) is 0.734. The highest BCUT2D eigenvalue weighted by Crippen LogP contribution is 2.32. The lowest BCUT2D eigenvalue weighted by Gasteiger charge is -2.33. The first-order valence-corrected chi connectivity index (χ1v) is 4.79. The molecular formula is C9H15F2NO2. The second-order valence-electron chi connectivity index (χ2n) is 3.80. The number of alkyl halides is 2. The van der Waals surface area contributed by atoms with Crippen LogP contribution in [0.2, 0.25) is 0 Å². The van der Waals surface area contributed by atoms with Gasteiger partial charge >= 0.3 is 5.97 Å². The maximum atomic E-state index is 12.0. The van der Waals surface area contributed by atoms with E-state index in [1.807, 2.05) is 0 Å². The molecule has 3 nitrogen and oxygen atoms in total. The Hall–Kier alpha value is -0.710. The molecule has 0 aromatic rings. The highest BCUT2D eigenvalue weighted by Gasteiger charge is 2.39. The van der Waals surface area contributed by atoms with E-state index in [0.29, 0.717) is 13.0 Å². The lowest BCUT2D eigenvalue weighted by Crippen LogP contribution is -2.45. The van der Waals surface area contributed by atoms with E-state index in [1.54, 1.807) is 0 Å². The fourth-order valence-electron chi connectivity index (χ4n) is 1.86. The highest BCUT2D eigenvalue weighted by molar-refractivity contribution is 5.75. The zero-order valence-electron chi connectivity index (χ0n) is 7.93. The molecule has 5 heteroatoms. The smallest absolute Gasteiger partial charge is 0.310 e. The Balaban J connectivity index is 2.56. The number of carbonyl (C=O) groups is 1. The lowest BCUT2D eigenvalue weighted by molar-refractivity contribution is -0.151. The molecule has 0 bridgehead atoms. The van der Waals surface area contributed by atoms with E-state index < -0.39 is 17.8 Å². The van der Waals surface area contributed by atoms with Crippen LogP contribution in [0.4, 0.5) is 8.78 Å². The molecule has 1 heterocycles. The van der Waals surface area contributed by atoms with Gasteiger partial charge in [0.05, 0.1) is 5.41 Å². The lowest BCUT2D eigenvalue weighted by atomic mass is 9.77. The first-order chi connectivity index (χ1) is 6.57. The van der Waals surface area contributed by atoms with Crippen LogP contribution in [0.15, 0.2) is 0 Å². The second-order valence-corrected chi connectivity index (χ2v) is 3.80. The van der Waals surface area contributed by atoms with Gasteiger partial charge in [-0.05, 0) is 25.8 Å². The zero-order chi connectivity index (χ0) is 10.6. The van der Waals surface area contributed by atoms with Gasteiger partial charge in [0.1, 0.15) is 0 Å². The minimum atomic E-state index is -2.41. The fraction of sp³-hybridized carbons (Fsp3) is 0.889. The van der Waals surface area contributed by atoms with Crippen molar-refractivity contribution in [1.82, 2.24) is 5.32 Å². The average Bonchev–Trinajstić information content (AvgIpc) is 2.16. The van der Waals surface area contributed by atoms with Crippen molar-refractivity contribution >= 4 is 5.97 Å². The molecule has 0 saturated carbocycles. The predicted octanol–water partition coefficient (Wildman–Crippen LogP) is 1.49. The molecule has 1 unspecified atom stereocenters. The van der Waals surface area contributed by atoms with Crippen molar-refractivity contribution in [2.24, 2.45) is 5.41 Å². The Bertz CT molecular complexity index is 203. The molecule has 0 amide bonds. The highest BCUT2D eigenvalue weighted by atomic mass is 19.3. The standard InChI is InChI=1S/C9H15F2NO2/c10-7(11)2-4-9(8(13)14)3-1-5-12-6-9/h7,12H,1-6H2,(H,13,14). The Morgan fingerprint density at radius 1 is 1.57 bits per heavy atom. The summed E-state index contributed by atoms with van der Waals surface area (Å²) in [5, 5.41) is 12.0. The van der Waals surface area contributed by atoms with Crippen LogP contribution in [0, 0.1) is 5.41 Å². The van der Waals surface area contributed by atoms with E-state index in [9.17, 15) is 13.6 Å². The van der Waals surface area contributed by atoms with E-state index >= 15 is 0 Å². The summed E-state index contributed by atoms with van der Waals surface area (Å²) in [7, 11) is 0. The Morgan fingerprint density at radius 2 is 2.29 bits per heavy atom. The van der Waals surface area contributed by atoms with Crippen molar-refractivity contribution in [3.8, 4) is 0 Å². The topological polar surface area (TPSA) is 49.3 Å². The maximum Gasteiger partial charge on any atom is 0.310 e. The van der Waals surface area contributed by atoms with Gasteiger partial charge in [-0.1, -0.05) is 0 Å². The summed E-state index contributed by atoms with van der Waals surface area (Å²) in [6, 6.07) is 0. The van der Waals surface area contributed by atoms with Crippen LogP contribution < -0.4 is 5.32 Å². The molecule has 0 aromatic heterocycles. The van der Waals surface area contributed by atoms with Gasteiger partial charge < -0.3 is 10.4 Å². The van der Waals surface area contributed by atoms with Crippen LogP contribution in [-0.4, -0.2) is 30.6 Å². The summed E-state index contributed by atoms with van der Waals surface area (Å²) in [4.78, 5) is 11.0. The van der Waals surface area contributed by atoms with Crippen LogP contribution >= 0.6 is 0 Å². The molecule has 1 rings (SSSR count). The van der Waals surface area contributed by atoms with Gasteiger partial charge in [-0.3, -0.25) is 4.79 Å². The Labute approximate surface area is 81.5 Å². The number of carboxylic acid groups (broad SMARTS) is 1. The summed E-state index contributed by atoms with van der Waals surface area (Å²) in [5.74, 6) is -0.953. The molecule has 1 aliphatic rings. The number of nitrogens with one attached hydrogen (secondary N) is 1. The van der Waals surface area contributed by atoms with E-state index in [1.165, 1.54) is 0 Å². The minimum Gasteiger partial charge on any atom is -0.481 e. The van der Waals surface area contributed by atoms with Gasteiger partial charge in [0.2, 0.25) is 6.43 Å². The molecular weight excluding hydrogens is 192 g/mol. The van der Waals surface area contributed by atoms with Crippen molar-refractivity contribution in [1.29, 1.82) is 0 Å². The normalized spacial score (nSPS) is 27.9. The Morgan fingerprint density at radius 3 is 2.71 bits per heavy atom. The number of piperidine rings is 1. The molecule has 1 saturated heterocycles. The SMILES string of the molecule is O=C(O)C1(CCC(F)F)CCCNC1. The number of rotatable bonds is 4.